The Balaban J connectivity index is 1.98. The first kappa shape index (κ1) is 14.8. The van der Waals surface area contributed by atoms with Crippen LogP contribution in [0.15, 0.2) is 0 Å². The average Bonchev–Trinajstić information content (AvgIpc) is 2.31. The topological polar surface area (TPSA) is 44.4 Å². The fourth-order valence-corrected chi connectivity index (χ4v) is 3.46. The average molecular weight is 267 g/mol. The molecule has 0 unspecified atom stereocenters. The summed E-state index contributed by atoms with van der Waals surface area (Å²) in [6.45, 7) is 9.73. The van der Waals surface area contributed by atoms with Gasteiger partial charge in [-0.1, -0.05) is 19.3 Å². The minimum Gasteiger partial charge on any atom is -0.350 e. The summed E-state index contributed by atoms with van der Waals surface area (Å²) in [7, 11) is 0. The van der Waals surface area contributed by atoms with Crippen LogP contribution in [0.1, 0.15) is 52.9 Å². The van der Waals surface area contributed by atoms with E-state index in [1.165, 1.54) is 32.1 Å². The minimum absolute atomic E-state index is 0.134. The zero-order valence-electron chi connectivity index (χ0n) is 12.7. The van der Waals surface area contributed by atoms with E-state index in [9.17, 15) is 4.79 Å². The van der Waals surface area contributed by atoms with Crippen LogP contribution in [0.3, 0.4) is 0 Å². The van der Waals surface area contributed by atoms with Crippen LogP contribution >= 0.6 is 0 Å². The van der Waals surface area contributed by atoms with Crippen molar-refractivity contribution in [2.45, 2.75) is 64.0 Å². The number of hydrogen-bond acceptors (Lipinski definition) is 3. The van der Waals surface area contributed by atoms with E-state index in [-0.39, 0.29) is 17.0 Å². The Bertz CT molecular complexity index is 308. The smallest absolute Gasteiger partial charge is 0.234 e. The molecule has 4 nitrogen and oxygen atoms in total. The molecule has 1 heterocycles. The van der Waals surface area contributed by atoms with Gasteiger partial charge in [0.05, 0.1) is 6.54 Å². The second-order valence-corrected chi connectivity index (χ2v) is 7.18. The van der Waals surface area contributed by atoms with Gasteiger partial charge in [0.1, 0.15) is 0 Å². The number of carbonyl (C=O) groups excluding carboxylic acids is 1. The van der Waals surface area contributed by atoms with Crippen LogP contribution in [0, 0.1) is 0 Å². The van der Waals surface area contributed by atoms with E-state index >= 15 is 0 Å². The summed E-state index contributed by atoms with van der Waals surface area (Å²) in [5.41, 5.74) is 0.108. The van der Waals surface area contributed by atoms with Gasteiger partial charge in [0.15, 0.2) is 0 Å². The molecular formula is C15H29N3O. The molecule has 2 rings (SSSR count). The number of carbonyl (C=O) groups is 1. The molecule has 2 aliphatic rings. The van der Waals surface area contributed by atoms with Crippen LogP contribution < -0.4 is 10.6 Å². The molecule has 19 heavy (non-hydrogen) atoms. The lowest BCUT2D eigenvalue weighted by Crippen LogP contribution is -2.64. The standard InChI is InChI=1S/C15H29N3O/c1-14(2,3)17-13(19)11-18-10-9-16-12-15(18)7-5-4-6-8-15/h16H,4-12H2,1-3H3,(H,17,19). The van der Waals surface area contributed by atoms with Crippen molar-refractivity contribution in [2.75, 3.05) is 26.2 Å². The lowest BCUT2D eigenvalue weighted by atomic mass is 9.79. The lowest BCUT2D eigenvalue weighted by Gasteiger charge is -2.49. The van der Waals surface area contributed by atoms with Gasteiger partial charge in [-0.15, -0.1) is 0 Å². The zero-order chi connectivity index (χ0) is 13.9. The summed E-state index contributed by atoms with van der Waals surface area (Å²) < 4.78 is 0. The highest BCUT2D eigenvalue weighted by Gasteiger charge is 2.40. The summed E-state index contributed by atoms with van der Waals surface area (Å²) in [6.07, 6.45) is 6.44. The maximum absolute atomic E-state index is 12.2. The van der Waals surface area contributed by atoms with Gasteiger partial charge in [-0.2, -0.15) is 0 Å². The van der Waals surface area contributed by atoms with Crippen LogP contribution in [-0.4, -0.2) is 48.1 Å². The van der Waals surface area contributed by atoms with E-state index in [4.69, 9.17) is 0 Å². The Hall–Kier alpha value is -0.610. The minimum atomic E-state index is -0.134. The predicted molar refractivity (Wildman–Crippen MR) is 78.2 cm³/mol. The van der Waals surface area contributed by atoms with Crippen molar-refractivity contribution >= 4 is 5.91 Å². The summed E-state index contributed by atoms with van der Waals surface area (Å²) >= 11 is 0. The van der Waals surface area contributed by atoms with E-state index in [0.717, 1.165) is 19.6 Å². The fraction of sp³-hybridized carbons (Fsp3) is 0.933. The quantitative estimate of drug-likeness (QED) is 0.797. The first-order chi connectivity index (χ1) is 8.91. The Labute approximate surface area is 117 Å². The van der Waals surface area contributed by atoms with Crippen molar-refractivity contribution in [3.05, 3.63) is 0 Å². The largest absolute Gasteiger partial charge is 0.350 e. The molecule has 0 atom stereocenters. The third kappa shape index (κ3) is 3.93. The Morgan fingerprint density at radius 3 is 2.58 bits per heavy atom. The van der Waals surface area contributed by atoms with Crippen molar-refractivity contribution in [2.24, 2.45) is 0 Å². The second-order valence-electron chi connectivity index (χ2n) is 7.18. The third-order valence-corrected chi connectivity index (χ3v) is 4.32. The van der Waals surface area contributed by atoms with Crippen molar-refractivity contribution in [1.29, 1.82) is 0 Å². The molecule has 0 bridgehead atoms. The molecule has 0 aromatic rings. The second kappa shape index (κ2) is 5.80. The molecule has 1 amide bonds. The molecule has 4 heteroatoms. The Kier molecular flexibility index (Phi) is 4.51. The SMILES string of the molecule is CC(C)(C)NC(=O)CN1CCNCC12CCCCC2. The van der Waals surface area contributed by atoms with Gasteiger partial charge >= 0.3 is 0 Å². The van der Waals surface area contributed by atoms with E-state index in [0.29, 0.717) is 6.54 Å². The maximum atomic E-state index is 12.2. The Morgan fingerprint density at radius 2 is 1.95 bits per heavy atom. The van der Waals surface area contributed by atoms with Gasteiger partial charge < -0.3 is 10.6 Å². The molecule has 2 N–H and O–H groups in total. The summed E-state index contributed by atoms with van der Waals surface area (Å²) in [5, 5.41) is 6.61. The molecule has 1 saturated heterocycles. The number of piperazine rings is 1. The highest BCUT2D eigenvalue weighted by Crippen LogP contribution is 2.34. The Morgan fingerprint density at radius 1 is 1.26 bits per heavy atom. The number of amides is 1. The van der Waals surface area contributed by atoms with Crippen LogP contribution in [0.4, 0.5) is 0 Å². The fourth-order valence-electron chi connectivity index (χ4n) is 3.46. The summed E-state index contributed by atoms with van der Waals surface area (Å²) in [4.78, 5) is 14.6. The van der Waals surface area contributed by atoms with Gasteiger partial charge in [0.25, 0.3) is 0 Å². The monoisotopic (exact) mass is 267 g/mol. The molecule has 0 aromatic heterocycles. The van der Waals surface area contributed by atoms with Crippen molar-refractivity contribution in [1.82, 2.24) is 15.5 Å². The van der Waals surface area contributed by atoms with E-state index in [1.807, 2.05) is 20.8 Å². The normalized spacial score (nSPS) is 24.4. The predicted octanol–water partition coefficient (Wildman–Crippen LogP) is 1.51. The number of rotatable bonds is 2. The van der Waals surface area contributed by atoms with Gasteiger partial charge in [-0.05, 0) is 33.6 Å². The lowest BCUT2D eigenvalue weighted by molar-refractivity contribution is -0.126. The molecule has 110 valence electrons. The van der Waals surface area contributed by atoms with E-state index < -0.39 is 0 Å². The van der Waals surface area contributed by atoms with Crippen molar-refractivity contribution in [3.8, 4) is 0 Å². The van der Waals surface area contributed by atoms with Crippen molar-refractivity contribution < 1.29 is 4.79 Å². The van der Waals surface area contributed by atoms with Crippen LogP contribution in [0.2, 0.25) is 0 Å². The van der Waals surface area contributed by atoms with Crippen molar-refractivity contribution in [3.63, 3.8) is 0 Å². The van der Waals surface area contributed by atoms with E-state index in [2.05, 4.69) is 15.5 Å². The molecule has 1 aliphatic carbocycles. The molecular weight excluding hydrogens is 238 g/mol. The molecule has 0 aromatic carbocycles. The van der Waals surface area contributed by atoms with Gasteiger partial charge in [0, 0.05) is 30.7 Å². The van der Waals surface area contributed by atoms with Gasteiger partial charge in [-0.3, -0.25) is 9.69 Å². The molecule has 0 radical (unpaired) electrons. The number of hydrogen-bond donors (Lipinski definition) is 2. The summed E-state index contributed by atoms with van der Waals surface area (Å²) in [6, 6.07) is 0. The first-order valence-corrected chi connectivity index (χ1v) is 7.68. The molecule has 1 saturated carbocycles. The van der Waals surface area contributed by atoms with Crippen LogP contribution in [-0.2, 0) is 4.79 Å². The summed E-state index contributed by atoms with van der Waals surface area (Å²) in [5.74, 6) is 0.166. The number of nitrogens with one attached hydrogen (secondary N) is 2. The van der Waals surface area contributed by atoms with Crippen LogP contribution in [0.25, 0.3) is 0 Å². The zero-order valence-corrected chi connectivity index (χ0v) is 12.7. The first-order valence-electron chi connectivity index (χ1n) is 7.68. The number of nitrogens with zero attached hydrogens (tertiary/aromatic N) is 1. The maximum Gasteiger partial charge on any atom is 0.234 e. The van der Waals surface area contributed by atoms with Gasteiger partial charge in [-0.25, -0.2) is 0 Å². The van der Waals surface area contributed by atoms with E-state index in [1.54, 1.807) is 0 Å². The third-order valence-electron chi connectivity index (χ3n) is 4.32. The highest BCUT2D eigenvalue weighted by molar-refractivity contribution is 5.78. The van der Waals surface area contributed by atoms with Gasteiger partial charge in [0.2, 0.25) is 5.91 Å². The molecule has 1 spiro atoms. The molecule has 2 fully saturated rings. The highest BCUT2D eigenvalue weighted by atomic mass is 16.2. The van der Waals surface area contributed by atoms with Crippen LogP contribution in [0.5, 0.6) is 0 Å². The molecule has 1 aliphatic heterocycles.